The number of carbonyl (C=O) groups is 1. The van der Waals surface area contributed by atoms with Gasteiger partial charge in [-0.1, -0.05) is 6.92 Å². The van der Waals surface area contributed by atoms with E-state index in [2.05, 4.69) is 11.9 Å². The summed E-state index contributed by atoms with van der Waals surface area (Å²) in [4.78, 5) is 18.5. The quantitative estimate of drug-likeness (QED) is 0.867. The van der Waals surface area contributed by atoms with Crippen LogP contribution < -0.4 is 5.73 Å². The molecule has 2 heterocycles. The van der Waals surface area contributed by atoms with Crippen LogP contribution in [0.2, 0.25) is 0 Å². The van der Waals surface area contributed by atoms with Gasteiger partial charge in [0.2, 0.25) is 5.91 Å². The molecule has 1 aromatic heterocycles. The number of hydrogen-bond acceptors (Lipinski definition) is 3. The van der Waals surface area contributed by atoms with Crippen molar-refractivity contribution in [2.75, 3.05) is 13.1 Å². The van der Waals surface area contributed by atoms with Gasteiger partial charge in [0.05, 0.1) is 6.04 Å². The summed E-state index contributed by atoms with van der Waals surface area (Å²) in [7, 11) is 0. The fourth-order valence-corrected chi connectivity index (χ4v) is 2.94. The highest BCUT2D eigenvalue weighted by molar-refractivity contribution is 5.77. The van der Waals surface area contributed by atoms with E-state index < -0.39 is 0 Å². The van der Waals surface area contributed by atoms with Crippen molar-refractivity contribution < 1.29 is 4.79 Å². The Morgan fingerprint density at radius 1 is 1.45 bits per heavy atom. The van der Waals surface area contributed by atoms with Gasteiger partial charge in [-0.05, 0) is 55.8 Å². The van der Waals surface area contributed by atoms with E-state index in [0.717, 1.165) is 32.2 Å². The Morgan fingerprint density at radius 2 is 2.20 bits per heavy atom. The molecule has 4 heteroatoms. The van der Waals surface area contributed by atoms with Crippen LogP contribution in [0.5, 0.6) is 0 Å². The molecule has 1 saturated heterocycles. The summed E-state index contributed by atoms with van der Waals surface area (Å²) in [6, 6.07) is 4.29. The summed E-state index contributed by atoms with van der Waals surface area (Å²) in [5.41, 5.74) is 6.76. The average Bonchev–Trinajstić information content (AvgIpc) is 2.95. The molecule has 0 spiro atoms. The zero-order valence-electron chi connectivity index (χ0n) is 12.3. The van der Waals surface area contributed by atoms with Gasteiger partial charge >= 0.3 is 0 Å². The maximum Gasteiger partial charge on any atom is 0.223 e. The molecule has 1 aliphatic rings. The van der Waals surface area contributed by atoms with Crippen LogP contribution >= 0.6 is 0 Å². The maximum atomic E-state index is 12.4. The van der Waals surface area contributed by atoms with Crippen LogP contribution in [0.4, 0.5) is 0 Å². The van der Waals surface area contributed by atoms with Gasteiger partial charge in [-0.25, -0.2) is 0 Å². The molecule has 1 aromatic rings. The van der Waals surface area contributed by atoms with E-state index in [9.17, 15) is 4.79 Å². The lowest BCUT2D eigenvalue weighted by Crippen LogP contribution is -2.30. The lowest BCUT2D eigenvalue weighted by Gasteiger charge is -2.25. The molecule has 1 fully saturated rings. The van der Waals surface area contributed by atoms with Gasteiger partial charge < -0.3 is 10.6 Å². The zero-order valence-corrected chi connectivity index (χ0v) is 12.3. The van der Waals surface area contributed by atoms with Gasteiger partial charge in [0.15, 0.2) is 0 Å². The molecule has 0 aliphatic carbocycles. The number of likely N-dealkylation sites (tertiary alicyclic amines) is 1. The Kier molecular flexibility index (Phi) is 5.53. The lowest BCUT2D eigenvalue weighted by atomic mass is 10.0. The number of aromatic nitrogens is 1. The van der Waals surface area contributed by atoms with Gasteiger partial charge in [0, 0.05) is 25.4 Å². The molecule has 110 valence electrons. The fourth-order valence-electron chi connectivity index (χ4n) is 2.94. The smallest absolute Gasteiger partial charge is 0.223 e. The second-order valence-electron chi connectivity index (χ2n) is 5.75. The Balaban J connectivity index is 1.92. The third kappa shape index (κ3) is 3.79. The first-order chi connectivity index (χ1) is 9.72. The summed E-state index contributed by atoms with van der Waals surface area (Å²) in [5, 5.41) is 0. The summed E-state index contributed by atoms with van der Waals surface area (Å²) < 4.78 is 0. The van der Waals surface area contributed by atoms with Crippen LogP contribution in [0.15, 0.2) is 24.5 Å². The Morgan fingerprint density at radius 3 is 2.90 bits per heavy atom. The van der Waals surface area contributed by atoms with E-state index in [1.807, 2.05) is 17.0 Å². The number of rotatable bonds is 6. The summed E-state index contributed by atoms with van der Waals surface area (Å²) in [6.45, 7) is 3.76. The highest BCUT2D eigenvalue weighted by Gasteiger charge is 2.29. The van der Waals surface area contributed by atoms with Crippen LogP contribution in [0.3, 0.4) is 0 Å². The molecule has 2 unspecified atom stereocenters. The molecule has 2 atom stereocenters. The van der Waals surface area contributed by atoms with Crippen LogP contribution in [0.25, 0.3) is 0 Å². The summed E-state index contributed by atoms with van der Waals surface area (Å²) in [6.07, 6.45) is 8.35. The monoisotopic (exact) mass is 275 g/mol. The molecule has 2 N–H and O–H groups in total. The number of carbonyl (C=O) groups excluding carboxylic acids is 1. The van der Waals surface area contributed by atoms with Crippen molar-refractivity contribution in [3.63, 3.8) is 0 Å². The van der Waals surface area contributed by atoms with Gasteiger partial charge in [0.25, 0.3) is 0 Å². The van der Waals surface area contributed by atoms with E-state index in [1.54, 1.807) is 12.4 Å². The number of hydrogen-bond donors (Lipinski definition) is 1. The number of pyridine rings is 1. The minimum absolute atomic E-state index is 0.246. The van der Waals surface area contributed by atoms with Crippen molar-refractivity contribution in [2.24, 2.45) is 11.7 Å². The first kappa shape index (κ1) is 15.0. The van der Waals surface area contributed by atoms with E-state index >= 15 is 0 Å². The Labute approximate surface area is 121 Å². The van der Waals surface area contributed by atoms with Crippen LogP contribution in [0.1, 0.15) is 50.6 Å². The Hall–Kier alpha value is -1.42. The van der Waals surface area contributed by atoms with E-state index in [-0.39, 0.29) is 11.9 Å². The van der Waals surface area contributed by atoms with E-state index in [1.165, 1.54) is 5.56 Å². The van der Waals surface area contributed by atoms with Crippen molar-refractivity contribution in [1.82, 2.24) is 9.88 Å². The predicted octanol–water partition coefficient (Wildman–Crippen LogP) is 2.51. The molecule has 20 heavy (non-hydrogen) atoms. The van der Waals surface area contributed by atoms with Crippen molar-refractivity contribution in [3.8, 4) is 0 Å². The summed E-state index contributed by atoms with van der Waals surface area (Å²) >= 11 is 0. The average molecular weight is 275 g/mol. The second-order valence-corrected chi connectivity index (χ2v) is 5.75. The minimum Gasteiger partial charge on any atom is -0.336 e. The van der Waals surface area contributed by atoms with Crippen molar-refractivity contribution in [3.05, 3.63) is 30.1 Å². The van der Waals surface area contributed by atoms with E-state index in [0.29, 0.717) is 18.9 Å². The molecule has 0 bridgehead atoms. The highest BCUT2D eigenvalue weighted by atomic mass is 16.2. The molecule has 1 aliphatic heterocycles. The first-order valence-corrected chi connectivity index (χ1v) is 7.62. The third-order valence-corrected chi connectivity index (χ3v) is 4.17. The molecule has 0 saturated carbocycles. The predicted molar refractivity (Wildman–Crippen MR) is 80.0 cm³/mol. The molecular formula is C16H25N3O. The van der Waals surface area contributed by atoms with Crippen LogP contribution in [-0.2, 0) is 4.79 Å². The topological polar surface area (TPSA) is 59.2 Å². The molecule has 1 amide bonds. The number of nitrogens with zero attached hydrogens (tertiary/aromatic N) is 2. The van der Waals surface area contributed by atoms with Gasteiger partial charge in [-0.2, -0.15) is 0 Å². The minimum atomic E-state index is 0.246. The SMILES string of the molecule is CC(CCN)CCC(=O)N1CCCC1c1ccncc1. The standard InChI is InChI=1S/C16H25N3O/c1-13(6-9-17)4-5-16(20)19-12-2-3-15(19)14-7-10-18-11-8-14/h7-8,10-11,13,15H,2-6,9,12,17H2,1H3. The molecule has 4 nitrogen and oxygen atoms in total. The van der Waals surface area contributed by atoms with E-state index in [4.69, 9.17) is 5.73 Å². The van der Waals surface area contributed by atoms with Crippen LogP contribution in [0, 0.1) is 5.92 Å². The number of nitrogens with two attached hydrogens (primary N) is 1. The molecule has 0 aromatic carbocycles. The van der Waals surface area contributed by atoms with Crippen molar-refractivity contribution in [1.29, 1.82) is 0 Å². The fraction of sp³-hybridized carbons (Fsp3) is 0.625. The van der Waals surface area contributed by atoms with Crippen molar-refractivity contribution in [2.45, 2.75) is 45.1 Å². The zero-order chi connectivity index (χ0) is 14.4. The van der Waals surface area contributed by atoms with Gasteiger partial charge in [0.1, 0.15) is 0 Å². The molecule has 2 rings (SSSR count). The summed E-state index contributed by atoms with van der Waals surface area (Å²) in [5.74, 6) is 0.819. The van der Waals surface area contributed by atoms with Gasteiger partial charge in [-0.3, -0.25) is 9.78 Å². The largest absolute Gasteiger partial charge is 0.336 e. The lowest BCUT2D eigenvalue weighted by molar-refractivity contribution is -0.132. The molecule has 0 radical (unpaired) electrons. The number of amides is 1. The Bertz CT molecular complexity index is 421. The third-order valence-electron chi connectivity index (χ3n) is 4.17. The molecular weight excluding hydrogens is 250 g/mol. The highest BCUT2D eigenvalue weighted by Crippen LogP contribution is 2.32. The first-order valence-electron chi connectivity index (χ1n) is 7.62. The maximum absolute atomic E-state index is 12.4. The normalized spacial score (nSPS) is 20.1. The van der Waals surface area contributed by atoms with Crippen LogP contribution in [-0.4, -0.2) is 28.9 Å². The van der Waals surface area contributed by atoms with Crippen molar-refractivity contribution >= 4 is 5.91 Å². The second kappa shape index (κ2) is 7.39. The van der Waals surface area contributed by atoms with Gasteiger partial charge in [-0.15, -0.1) is 0 Å².